The summed E-state index contributed by atoms with van der Waals surface area (Å²) in [4.78, 5) is 0. The van der Waals surface area contributed by atoms with Gasteiger partial charge in [-0.2, -0.15) is 0 Å². The molecule has 0 fully saturated rings. The molecule has 0 aromatic rings. The summed E-state index contributed by atoms with van der Waals surface area (Å²) < 4.78 is 6.78. The summed E-state index contributed by atoms with van der Waals surface area (Å²) in [6.07, 6.45) is 13.8. The van der Waals surface area contributed by atoms with Crippen molar-refractivity contribution in [3.63, 3.8) is 0 Å². The Labute approximate surface area is 131 Å². The molecule has 1 unspecified atom stereocenters. The van der Waals surface area contributed by atoms with E-state index >= 15 is 0 Å². The monoisotopic (exact) mass is 302 g/mol. The van der Waals surface area contributed by atoms with Gasteiger partial charge in [-0.05, 0) is 53.0 Å². The largest absolute Gasteiger partial charge is 0.368 e. The zero-order chi connectivity index (χ0) is 15.9. The molecule has 2 aliphatic carbocycles. The zero-order valence-electron chi connectivity index (χ0n) is 14.7. The minimum absolute atomic E-state index is 0.134. The normalized spacial score (nSPS) is 26.5. The smallest absolute Gasteiger partial charge is 0.122 e. The molecule has 2 rings (SSSR count). The lowest BCUT2D eigenvalue weighted by Crippen LogP contribution is -2.61. The number of allylic oxidation sites excluding steroid dienone is 6. The molecule has 2 aliphatic rings. The second kappa shape index (κ2) is 5.40. The molecule has 0 aromatic heterocycles. The van der Waals surface area contributed by atoms with Gasteiger partial charge in [-0.1, -0.05) is 54.2 Å². The van der Waals surface area contributed by atoms with Gasteiger partial charge in [0.05, 0.1) is 10.8 Å². The van der Waals surface area contributed by atoms with Crippen molar-refractivity contribution in [3.8, 4) is 0 Å². The summed E-state index contributed by atoms with van der Waals surface area (Å²) in [5.41, 5.74) is 2.62. The minimum Gasteiger partial charge on any atom is -0.368 e. The van der Waals surface area contributed by atoms with Crippen LogP contribution >= 0.6 is 0 Å². The molecule has 0 saturated carbocycles. The first-order chi connectivity index (χ1) is 9.58. The summed E-state index contributed by atoms with van der Waals surface area (Å²) in [5.74, 6) is 0. The lowest BCUT2D eigenvalue weighted by Gasteiger charge is -2.51. The highest BCUT2D eigenvalue weighted by atomic mass is 28.3. The van der Waals surface area contributed by atoms with E-state index in [1.165, 1.54) is 16.3 Å². The van der Waals surface area contributed by atoms with Crippen LogP contribution in [0.15, 0.2) is 46.7 Å². The molecule has 0 heterocycles. The van der Waals surface area contributed by atoms with Crippen LogP contribution in [0.4, 0.5) is 0 Å². The van der Waals surface area contributed by atoms with Crippen molar-refractivity contribution in [1.82, 2.24) is 0 Å². The second-order valence-electron chi connectivity index (χ2n) is 7.94. The molecule has 0 N–H and O–H groups in total. The van der Waals surface area contributed by atoms with Crippen LogP contribution in [0.3, 0.4) is 0 Å². The predicted molar refractivity (Wildman–Crippen MR) is 95.0 cm³/mol. The Balaban J connectivity index is 2.52. The summed E-state index contributed by atoms with van der Waals surface area (Å²) in [7, 11) is -1.78. The van der Waals surface area contributed by atoms with Crippen molar-refractivity contribution in [2.75, 3.05) is 0 Å². The van der Waals surface area contributed by atoms with Gasteiger partial charge in [0, 0.05) is 0 Å². The van der Waals surface area contributed by atoms with Gasteiger partial charge >= 0.3 is 0 Å². The molecule has 116 valence electrons. The molecule has 1 atom stereocenters. The molecular weight excluding hydrogens is 272 g/mol. The summed E-state index contributed by atoms with van der Waals surface area (Å²) >= 11 is 0. The molecule has 0 aromatic carbocycles. The van der Waals surface area contributed by atoms with E-state index in [1.54, 1.807) is 0 Å². The van der Waals surface area contributed by atoms with Gasteiger partial charge in [-0.25, -0.2) is 0 Å². The van der Waals surface area contributed by atoms with Gasteiger partial charge in [0.1, 0.15) is 8.07 Å². The second-order valence-corrected chi connectivity index (χ2v) is 12.6. The number of hydrogen-bond acceptors (Lipinski definition) is 1. The third-order valence-corrected chi connectivity index (χ3v) is 9.31. The SMILES string of the molecule is CC1=CCC(OC(C)(C)C)([Si](C)(C)C2=CCC=C2)C(C)=C1. The van der Waals surface area contributed by atoms with E-state index < -0.39 is 8.07 Å². The highest BCUT2D eigenvalue weighted by Crippen LogP contribution is 2.45. The summed E-state index contributed by atoms with van der Waals surface area (Å²) in [6, 6.07) is 0. The molecule has 0 saturated heterocycles. The Morgan fingerprint density at radius 1 is 1.14 bits per heavy atom. The van der Waals surface area contributed by atoms with E-state index in [4.69, 9.17) is 4.74 Å². The predicted octanol–water partition coefficient (Wildman–Crippen LogP) is 5.51. The molecule has 0 radical (unpaired) electrons. The van der Waals surface area contributed by atoms with Crippen molar-refractivity contribution < 1.29 is 4.74 Å². The standard InChI is InChI=1S/C19H30OSi/c1-15-12-13-19(16(2)14-15,20-18(3,4)5)21(6,7)17-10-8-9-11-17/h8,10-12,14H,9,13H2,1-7H3. The van der Waals surface area contributed by atoms with Crippen molar-refractivity contribution in [3.05, 3.63) is 46.7 Å². The van der Waals surface area contributed by atoms with Gasteiger partial charge in [0.15, 0.2) is 0 Å². The van der Waals surface area contributed by atoms with Crippen LogP contribution in [0.2, 0.25) is 13.1 Å². The van der Waals surface area contributed by atoms with Gasteiger partial charge < -0.3 is 4.74 Å². The van der Waals surface area contributed by atoms with E-state index in [2.05, 4.69) is 78.1 Å². The third kappa shape index (κ3) is 3.02. The van der Waals surface area contributed by atoms with Crippen LogP contribution < -0.4 is 0 Å². The Morgan fingerprint density at radius 3 is 2.29 bits per heavy atom. The van der Waals surface area contributed by atoms with E-state index in [-0.39, 0.29) is 10.8 Å². The van der Waals surface area contributed by atoms with Crippen LogP contribution in [0, 0.1) is 0 Å². The molecule has 0 aliphatic heterocycles. The maximum atomic E-state index is 6.78. The number of hydrogen-bond donors (Lipinski definition) is 0. The fourth-order valence-electron chi connectivity index (χ4n) is 3.66. The molecule has 1 nitrogen and oxygen atoms in total. The van der Waals surface area contributed by atoms with E-state index in [0.29, 0.717) is 0 Å². The zero-order valence-corrected chi connectivity index (χ0v) is 15.7. The minimum atomic E-state index is -1.78. The van der Waals surface area contributed by atoms with Gasteiger partial charge in [0.25, 0.3) is 0 Å². The van der Waals surface area contributed by atoms with Crippen molar-refractivity contribution in [1.29, 1.82) is 0 Å². The van der Waals surface area contributed by atoms with Gasteiger partial charge in [-0.3, -0.25) is 0 Å². The Kier molecular flexibility index (Phi) is 4.25. The van der Waals surface area contributed by atoms with E-state index in [0.717, 1.165) is 12.8 Å². The molecule has 2 heteroatoms. The summed E-state index contributed by atoms with van der Waals surface area (Å²) in [6.45, 7) is 15.9. The van der Waals surface area contributed by atoms with E-state index in [1.807, 2.05) is 0 Å². The fraction of sp³-hybridized carbons (Fsp3) is 0.579. The van der Waals surface area contributed by atoms with Crippen LogP contribution in [-0.2, 0) is 4.74 Å². The van der Waals surface area contributed by atoms with Crippen LogP contribution in [0.25, 0.3) is 0 Å². The lowest BCUT2D eigenvalue weighted by atomic mass is 9.96. The average Bonchev–Trinajstić information content (AvgIpc) is 2.85. The first kappa shape index (κ1) is 16.5. The maximum absolute atomic E-state index is 6.78. The van der Waals surface area contributed by atoms with Gasteiger partial charge in [0.2, 0.25) is 0 Å². The van der Waals surface area contributed by atoms with Crippen molar-refractivity contribution in [2.24, 2.45) is 0 Å². The fourth-order valence-corrected chi connectivity index (χ4v) is 7.52. The quantitative estimate of drug-likeness (QED) is 0.625. The molecule has 0 bridgehead atoms. The Hall–Kier alpha value is -0.863. The lowest BCUT2D eigenvalue weighted by molar-refractivity contribution is -0.0717. The third-order valence-electron chi connectivity index (χ3n) is 4.78. The van der Waals surface area contributed by atoms with Crippen LogP contribution in [-0.4, -0.2) is 18.9 Å². The molecular formula is C19H30OSi. The highest BCUT2D eigenvalue weighted by molar-refractivity contribution is 6.88. The average molecular weight is 303 g/mol. The van der Waals surface area contributed by atoms with Crippen molar-refractivity contribution in [2.45, 2.75) is 71.4 Å². The Bertz CT molecular complexity index is 540. The number of ether oxygens (including phenoxy) is 1. The maximum Gasteiger partial charge on any atom is 0.122 e. The topological polar surface area (TPSA) is 9.23 Å². The van der Waals surface area contributed by atoms with Crippen molar-refractivity contribution >= 4 is 8.07 Å². The first-order valence-corrected chi connectivity index (χ1v) is 11.0. The first-order valence-electron chi connectivity index (χ1n) is 8.01. The number of rotatable bonds is 3. The van der Waals surface area contributed by atoms with E-state index in [9.17, 15) is 0 Å². The van der Waals surface area contributed by atoms with Gasteiger partial charge in [-0.15, -0.1) is 0 Å². The summed E-state index contributed by atoms with van der Waals surface area (Å²) in [5, 5.41) is 1.40. The molecule has 0 amide bonds. The molecule has 0 spiro atoms. The Morgan fingerprint density at radius 2 is 1.81 bits per heavy atom. The highest BCUT2D eigenvalue weighted by Gasteiger charge is 2.52. The molecule has 21 heavy (non-hydrogen) atoms. The van der Waals surface area contributed by atoms with Crippen LogP contribution in [0.5, 0.6) is 0 Å². The van der Waals surface area contributed by atoms with Crippen LogP contribution in [0.1, 0.15) is 47.5 Å².